The second-order valence-electron chi connectivity index (χ2n) is 11.0. The van der Waals surface area contributed by atoms with Gasteiger partial charge in [-0.3, -0.25) is 18.9 Å². The van der Waals surface area contributed by atoms with E-state index >= 15 is 0 Å². The number of carboxylic acids is 3. The lowest BCUT2D eigenvalue weighted by Gasteiger charge is -2.25. The van der Waals surface area contributed by atoms with E-state index in [1.165, 1.54) is 0 Å². The van der Waals surface area contributed by atoms with Crippen LogP contribution in [0.1, 0.15) is 103 Å². The molecule has 3 N–H and O–H groups in total. The Morgan fingerprint density at radius 2 is 1.27 bits per heavy atom. The zero-order valence-corrected chi connectivity index (χ0v) is 25.4. The number of nitrogens with zero attached hydrogens (tertiary/aromatic N) is 1. The van der Waals surface area contributed by atoms with E-state index in [4.69, 9.17) is 24.4 Å². The molecule has 1 aliphatic rings. The largest absolute Gasteiger partial charge is 0.481 e. The van der Waals surface area contributed by atoms with Gasteiger partial charge in [0, 0.05) is 44.2 Å². The zero-order chi connectivity index (χ0) is 30.3. The predicted octanol–water partition coefficient (Wildman–Crippen LogP) is 6.61. The molecule has 0 bridgehead atoms. The second kappa shape index (κ2) is 17.4. The van der Waals surface area contributed by atoms with Gasteiger partial charge in [0.05, 0.1) is 24.8 Å². The maximum atomic E-state index is 13.9. The Bertz CT molecular complexity index is 1070. The molecule has 0 saturated heterocycles. The van der Waals surface area contributed by atoms with Gasteiger partial charge in [-0.05, 0) is 51.9 Å². The molecule has 0 spiro atoms. The third-order valence-corrected chi connectivity index (χ3v) is 9.72. The number of carboxylic acid groups (broad SMARTS) is 3. The molecule has 230 valence electrons. The van der Waals surface area contributed by atoms with Crippen molar-refractivity contribution in [1.29, 1.82) is 0 Å². The van der Waals surface area contributed by atoms with Crippen LogP contribution in [0.2, 0.25) is 0 Å². The number of benzene rings is 1. The summed E-state index contributed by atoms with van der Waals surface area (Å²) in [7, 11) is -3.47. The predicted molar refractivity (Wildman–Crippen MR) is 157 cm³/mol. The van der Waals surface area contributed by atoms with E-state index in [9.17, 15) is 18.9 Å². The van der Waals surface area contributed by atoms with Crippen molar-refractivity contribution in [2.45, 2.75) is 103 Å². The standard InChI is InChI=1S/C30H46NO9P/c1-24-30(2,25-14-9-10-15-26(25)31(24)20-11-3-6-16-27(32)33)19-23-41(38,39-21-12-4-7-17-28(34)35)40-22-13-5-8-18-29(36)37/h9-10,14-15H,3-8,11-13,16-23H2,1-2H3,(H2-,32,33,34,35,36,37)/p+1. The van der Waals surface area contributed by atoms with Crippen LogP contribution < -0.4 is 0 Å². The monoisotopic (exact) mass is 596 g/mol. The van der Waals surface area contributed by atoms with Gasteiger partial charge < -0.3 is 24.4 Å². The maximum absolute atomic E-state index is 13.9. The summed E-state index contributed by atoms with van der Waals surface area (Å²) in [6, 6.07) is 8.19. The van der Waals surface area contributed by atoms with Crippen molar-refractivity contribution in [3.8, 4) is 0 Å². The Morgan fingerprint density at radius 3 is 1.78 bits per heavy atom. The van der Waals surface area contributed by atoms with Gasteiger partial charge in [-0.1, -0.05) is 31.0 Å². The van der Waals surface area contributed by atoms with Gasteiger partial charge in [0.2, 0.25) is 5.69 Å². The normalized spacial score (nSPS) is 16.6. The summed E-state index contributed by atoms with van der Waals surface area (Å²) in [6.45, 7) is 5.45. The molecule has 0 radical (unpaired) electrons. The average Bonchev–Trinajstić information content (AvgIpc) is 3.13. The highest BCUT2D eigenvalue weighted by Gasteiger charge is 2.47. The van der Waals surface area contributed by atoms with Gasteiger partial charge in [0.1, 0.15) is 6.54 Å². The Hall–Kier alpha value is -2.55. The van der Waals surface area contributed by atoms with E-state index < -0.39 is 25.5 Å². The summed E-state index contributed by atoms with van der Waals surface area (Å²) < 4.78 is 27.9. The SMILES string of the molecule is CC1=[N+](CCCCCC(=O)O)c2ccccc2C1(C)CCP(=O)(OCCCCCC(=O)O)OCCCCCC(=O)O. The Morgan fingerprint density at radius 1 is 0.780 bits per heavy atom. The molecular weight excluding hydrogens is 549 g/mol. The first-order valence-electron chi connectivity index (χ1n) is 14.7. The highest BCUT2D eigenvalue weighted by molar-refractivity contribution is 7.53. The lowest BCUT2D eigenvalue weighted by Crippen LogP contribution is -2.31. The minimum Gasteiger partial charge on any atom is -0.481 e. The van der Waals surface area contributed by atoms with Crippen LogP contribution in [-0.2, 0) is 33.4 Å². The van der Waals surface area contributed by atoms with Gasteiger partial charge >= 0.3 is 25.5 Å². The fraction of sp³-hybridized carbons (Fsp3) is 0.667. The summed E-state index contributed by atoms with van der Waals surface area (Å²) in [5.41, 5.74) is 3.02. The van der Waals surface area contributed by atoms with Crippen LogP contribution >= 0.6 is 7.60 Å². The Balaban J connectivity index is 2.07. The zero-order valence-electron chi connectivity index (χ0n) is 24.5. The van der Waals surface area contributed by atoms with E-state index in [2.05, 4.69) is 30.6 Å². The van der Waals surface area contributed by atoms with E-state index in [-0.39, 0.29) is 44.1 Å². The van der Waals surface area contributed by atoms with Crippen LogP contribution in [0.5, 0.6) is 0 Å². The number of fused-ring (bicyclic) bond motifs is 1. The molecule has 41 heavy (non-hydrogen) atoms. The van der Waals surface area contributed by atoms with Gasteiger partial charge in [-0.2, -0.15) is 4.58 Å². The van der Waals surface area contributed by atoms with Gasteiger partial charge in [-0.25, -0.2) is 0 Å². The number of hydrogen-bond donors (Lipinski definition) is 3. The topological polar surface area (TPSA) is 150 Å². The van der Waals surface area contributed by atoms with E-state index in [1.807, 2.05) is 12.1 Å². The van der Waals surface area contributed by atoms with Crippen LogP contribution in [0.4, 0.5) is 5.69 Å². The molecule has 1 aliphatic heterocycles. The second-order valence-corrected chi connectivity index (χ2v) is 13.1. The van der Waals surface area contributed by atoms with Crippen LogP contribution in [0.25, 0.3) is 0 Å². The number of para-hydroxylation sites is 1. The molecule has 0 aliphatic carbocycles. The van der Waals surface area contributed by atoms with Crippen molar-refractivity contribution in [3.63, 3.8) is 0 Å². The summed E-state index contributed by atoms with van der Waals surface area (Å²) in [5.74, 6) is -2.45. The summed E-state index contributed by atoms with van der Waals surface area (Å²) >= 11 is 0. The third-order valence-electron chi connectivity index (χ3n) is 7.80. The van der Waals surface area contributed by atoms with Crippen molar-refractivity contribution in [2.75, 3.05) is 25.9 Å². The number of unbranched alkanes of at least 4 members (excludes halogenated alkanes) is 6. The average molecular weight is 597 g/mol. The first kappa shape index (κ1) is 34.7. The lowest BCUT2D eigenvalue weighted by molar-refractivity contribution is -0.439. The first-order valence-corrected chi connectivity index (χ1v) is 16.5. The van der Waals surface area contributed by atoms with Crippen molar-refractivity contribution >= 4 is 36.9 Å². The van der Waals surface area contributed by atoms with Crippen LogP contribution in [0.3, 0.4) is 0 Å². The van der Waals surface area contributed by atoms with Gasteiger partial charge in [-0.15, -0.1) is 0 Å². The molecule has 1 atom stereocenters. The molecular formula is C30H47NO9P+. The van der Waals surface area contributed by atoms with E-state index in [0.29, 0.717) is 51.4 Å². The lowest BCUT2D eigenvalue weighted by atomic mass is 9.78. The molecule has 0 saturated carbocycles. The quantitative estimate of drug-likeness (QED) is 0.0720. The minimum absolute atomic E-state index is 0.0907. The number of carbonyl (C=O) groups is 3. The molecule has 0 aromatic heterocycles. The summed E-state index contributed by atoms with van der Waals surface area (Å²) in [6.07, 6.45) is 6.98. The molecule has 10 nitrogen and oxygen atoms in total. The van der Waals surface area contributed by atoms with Crippen LogP contribution in [-0.4, -0.2) is 69.4 Å². The molecule has 1 aromatic carbocycles. The fourth-order valence-corrected chi connectivity index (χ4v) is 7.09. The molecule has 1 unspecified atom stereocenters. The Labute approximate surface area is 243 Å². The number of rotatable bonds is 23. The van der Waals surface area contributed by atoms with Crippen LogP contribution in [0, 0.1) is 0 Å². The fourth-order valence-electron chi connectivity index (χ4n) is 5.22. The Kier molecular flexibility index (Phi) is 14.7. The maximum Gasteiger partial charge on any atom is 0.330 e. The van der Waals surface area contributed by atoms with Gasteiger partial charge in [0.25, 0.3) is 0 Å². The molecule has 1 heterocycles. The molecule has 11 heteroatoms. The summed E-state index contributed by atoms with van der Waals surface area (Å²) in [4.78, 5) is 32.4. The van der Waals surface area contributed by atoms with Crippen molar-refractivity contribution < 1.29 is 47.9 Å². The van der Waals surface area contributed by atoms with Crippen molar-refractivity contribution in [2.24, 2.45) is 0 Å². The minimum atomic E-state index is -3.47. The molecule has 0 fully saturated rings. The van der Waals surface area contributed by atoms with Crippen LogP contribution in [0.15, 0.2) is 24.3 Å². The van der Waals surface area contributed by atoms with E-state index in [0.717, 1.165) is 36.3 Å². The first-order chi connectivity index (χ1) is 19.5. The smallest absolute Gasteiger partial charge is 0.330 e. The highest BCUT2D eigenvalue weighted by atomic mass is 31.2. The number of aliphatic carboxylic acids is 3. The molecule has 0 amide bonds. The van der Waals surface area contributed by atoms with Crippen molar-refractivity contribution in [3.05, 3.63) is 29.8 Å². The molecule has 1 aromatic rings. The van der Waals surface area contributed by atoms with Crippen molar-refractivity contribution in [1.82, 2.24) is 0 Å². The highest BCUT2D eigenvalue weighted by Crippen LogP contribution is 2.53. The molecule has 2 rings (SSSR count). The summed E-state index contributed by atoms with van der Waals surface area (Å²) in [5, 5.41) is 26.6. The number of hydrogen-bond acceptors (Lipinski definition) is 6. The third kappa shape index (κ3) is 11.7. The van der Waals surface area contributed by atoms with Gasteiger partial charge in [0.15, 0.2) is 5.71 Å². The van der Waals surface area contributed by atoms with E-state index in [1.54, 1.807) is 0 Å².